The Kier molecular flexibility index (Phi) is 4.94. The summed E-state index contributed by atoms with van der Waals surface area (Å²) in [6, 6.07) is 6.88. The minimum absolute atomic E-state index is 0.0877. The second-order valence-electron chi connectivity index (χ2n) is 5.79. The van der Waals surface area contributed by atoms with Gasteiger partial charge < -0.3 is 10.2 Å². The number of likely N-dealkylation sites (tertiary alicyclic amines) is 1. The summed E-state index contributed by atoms with van der Waals surface area (Å²) in [5.74, 6) is 0.217. The van der Waals surface area contributed by atoms with Crippen molar-refractivity contribution in [2.45, 2.75) is 25.1 Å². The molecule has 0 spiro atoms. The molecule has 1 fully saturated rings. The summed E-state index contributed by atoms with van der Waals surface area (Å²) in [5, 5.41) is 3.07. The highest BCUT2D eigenvalue weighted by atomic mass is 19.4. The fourth-order valence-corrected chi connectivity index (χ4v) is 2.77. The molecule has 24 heavy (non-hydrogen) atoms. The molecular weight excluding hydrogens is 319 g/mol. The second-order valence-corrected chi connectivity index (χ2v) is 5.79. The van der Waals surface area contributed by atoms with Gasteiger partial charge in [0.05, 0.1) is 0 Å². The van der Waals surface area contributed by atoms with E-state index in [1.54, 1.807) is 6.20 Å². The zero-order valence-electron chi connectivity index (χ0n) is 13.0. The molecule has 2 aromatic rings. The van der Waals surface area contributed by atoms with E-state index >= 15 is 0 Å². The maximum absolute atomic E-state index is 12.7. The summed E-state index contributed by atoms with van der Waals surface area (Å²) in [5.41, 5.74) is 0.115. The molecule has 0 aromatic carbocycles. The maximum Gasteiger partial charge on any atom is 0.433 e. The van der Waals surface area contributed by atoms with Gasteiger partial charge in [0.1, 0.15) is 17.8 Å². The minimum atomic E-state index is -4.45. The second kappa shape index (κ2) is 7.12. The van der Waals surface area contributed by atoms with E-state index in [0.29, 0.717) is 0 Å². The van der Waals surface area contributed by atoms with Crippen molar-refractivity contribution >= 4 is 5.82 Å². The van der Waals surface area contributed by atoms with Crippen LogP contribution in [0.2, 0.25) is 0 Å². The first-order valence-electron chi connectivity index (χ1n) is 7.79. The van der Waals surface area contributed by atoms with Crippen LogP contribution in [-0.4, -0.2) is 45.5 Å². The van der Waals surface area contributed by atoms with Crippen LogP contribution in [-0.2, 0) is 12.6 Å². The SMILES string of the molecule is FC(F)(F)c1cc(NC2CCN(CCc3ccccn3)C2)ncn1. The van der Waals surface area contributed by atoms with Crippen molar-refractivity contribution in [2.75, 3.05) is 25.0 Å². The third kappa shape index (κ3) is 4.41. The number of anilines is 1. The zero-order chi connectivity index (χ0) is 17.0. The van der Waals surface area contributed by atoms with E-state index in [1.165, 1.54) is 0 Å². The summed E-state index contributed by atoms with van der Waals surface area (Å²) < 4.78 is 38.0. The van der Waals surface area contributed by atoms with Crippen LogP contribution in [0.3, 0.4) is 0 Å². The van der Waals surface area contributed by atoms with Crippen molar-refractivity contribution in [1.29, 1.82) is 0 Å². The molecule has 1 unspecified atom stereocenters. The average molecular weight is 337 g/mol. The van der Waals surface area contributed by atoms with Crippen molar-refractivity contribution < 1.29 is 13.2 Å². The van der Waals surface area contributed by atoms with Crippen molar-refractivity contribution in [1.82, 2.24) is 19.9 Å². The standard InChI is InChI=1S/C16H18F3N5/c17-16(18,19)14-9-15(22-11-21-14)23-13-5-8-24(10-13)7-4-12-3-1-2-6-20-12/h1-3,6,9,11,13H,4-5,7-8,10H2,(H,21,22,23). The Hall–Kier alpha value is -2.22. The van der Waals surface area contributed by atoms with Gasteiger partial charge in [0, 0.05) is 50.1 Å². The number of hydrogen-bond donors (Lipinski definition) is 1. The van der Waals surface area contributed by atoms with Crippen molar-refractivity contribution in [2.24, 2.45) is 0 Å². The third-order valence-electron chi connectivity index (χ3n) is 3.99. The van der Waals surface area contributed by atoms with Gasteiger partial charge in [-0.2, -0.15) is 13.2 Å². The monoisotopic (exact) mass is 337 g/mol. The lowest BCUT2D eigenvalue weighted by Gasteiger charge is -2.17. The lowest BCUT2D eigenvalue weighted by molar-refractivity contribution is -0.141. The van der Waals surface area contributed by atoms with Crippen LogP contribution in [0.15, 0.2) is 36.8 Å². The van der Waals surface area contributed by atoms with Gasteiger partial charge in [-0.05, 0) is 18.6 Å². The van der Waals surface area contributed by atoms with E-state index in [2.05, 4.69) is 25.2 Å². The van der Waals surface area contributed by atoms with Gasteiger partial charge in [0.2, 0.25) is 0 Å². The number of halogens is 3. The van der Waals surface area contributed by atoms with Crippen LogP contribution in [0, 0.1) is 0 Å². The Morgan fingerprint density at radius 3 is 2.83 bits per heavy atom. The molecule has 0 amide bonds. The number of aromatic nitrogens is 3. The molecule has 5 nitrogen and oxygen atoms in total. The van der Waals surface area contributed by atoms with Gasteiger partial charge >= 0.3 is 6.18 Å². The normalized spacial score (nSPS) is 18.7. The first-order valence-corrected chi connectivity index (χ1v) is 7.79. The summed E-state index contributed by atoms with van der Waals surface area (Å²) in [6.45, 7) is 2.56. The molecule has 1 saturated heterocycles. The maximum atomic E-state index is 12.7. The van der Waals surface area contributed by atoms with Crippen molar-refractivity contribution in [3.8, 4) is 0 Å². The Balaban J connectivity index is 1.51. The molecule has 0 radical (unpaired) electrons. The number of alkyl halides is 3. The Morgan fingerprint density at radius 1 is 1.21 bits per heavy atom. The Morgan fingerprint density at radius 2 is 2.08 bits per heavy atom. The number of nitrogens with zero attached hydrogens (tertiary/aromatic N) is 4. The summed E-state index contributed by atoms with van der Waals surface area (Å²) in [6.07, 6.45) is -0.00735. The Labute approximate surface area is 138 Å². The third-order valence-corrected chi connectivity index (χ3v) is 3.99. The van der Waals surface area contributed by atoms with Crippen LogP contribution in [0.1, 0.15) is 17.8 Å². The van der Waals surface area contributed by atoms with E-state index in [1.807, 2.05) is 18.2 Å². The van der Waals surface area contributed by atoms with Crippen LogP contribution in [0.25, 0.3) is 0 Å². The summed E-state index contributed by atoms with van der Waals surface area (Å²) >= 11 is 0. The molecule has 3 rings (SSSR count). The number of nitrogens with one attached hydrogen (secondary N) is 1. The van der Waals surface area contributed by atoms with E-state index < -0.39 is 11.9 Å². The fraction of sp³-hybridized carbons (Fsp3) is 0.438. The topological polar surface area (TPSA) is 53.9 Å². The fourth-order valence-electron chi connectivity index (χ4n) is 2.77. The summed E-state index contributed by atoms with van der Waals surface area (Å²) in [7, 11) is 0. The molecule has 8 heteroatoms. The van der Waals surface area contributed by atoms with Gasteiger partial charge in [-0.3, -0.25) is 4.98 Å². The molecule has 0 bridgehead atoms. The van der Waals surface area contributed by atoms with Gasteiger partial charge in [-0.1, -0.05) is 6.07 Å². The molecule has 0 aliphatic carbocycles. The van der Waals surface area contributed by atoms with Crippen LogP contribution in [0.5, 0.6) is 0 Å². The van der Waals surface area contributed by atoms with E-state index in [4.69, 9.17) is 0 Å². The molecule has 1 atom stereocenters. The van der Waals surface area contributed by atoms with E-state index in [0.717, 1.165) is 50.6 Å². The molecule has 1 aliphatic heterocycles. The lowest BCUT2D eigenvalue weighted by Crippen LogP contribution is -2.28. The predicted octanol–water partition coefficient (Wildman–Crippen LogP) is 2.62. The van der Waals surface area contributed by atoms with Crippen molar-refractivity contribution in [3.05, 3.63) is 48.2 Å². The molecular formula is C16H18F3N5. The lowest BCUT2D eigenvalue weighted by atomic mass is 10.2. The van der Waals surface area contributed by atoms with Crippen LogP contribution >= 0.6 is 0 Å². The highest BCUT2D eigenvalue weighted by molar-refractivity contribution is 5.37. The molecule has 1 aliphatic rings. The zero-order valence-corrected chi connectivity index (χ0v) is 13.0. The minimum Gasteiger partial charge on any atom is -0.366 e. The number of rotatable bonds is 5. The molecule has 1 N–H and O–H groups in total. The van der Waals surface area contributed by atoms with Gasteiger partial charge in [-0.25, -0.2) is 9.97 Å². The van der Waals surface area contributed by atoms with Crippen LogP contribution in [0.4, 0.5) is 19.0 Å². The highest BCUT2D eigenvalue weighted by Gasteiger charge is 2.33. The quantitative estimate of drug-likeness (QED) is 0.909. The Bertz CT molecular complexity index is 662. The smallest absolute Gasteiger partial charge is 0.366 e. The number of hydrogen-bond acceptors (Lipinski definition) is 5. The molecule has 128 valence electrons. The average Bonchev–Trinajstić information content (AvgIpc) is 3.01. The number of pyridine rings is 1. The van der Waals surface area contributed by atoms with E-state index in [-0.39, 0.29) is 11.9 Å². The molecule has 0 saturated carbocycles. The highest BCUT2D eigenvalue weighted by Crippen LogP contribution is 2.28. The summed E-state index contributed by atoms with van der Waals surface area (Å²) in [4.78, 5) is 13.7. The first-order chi connectivity index (χ1) is 11.5. The first kappa shape index (κ1) is 16.6. The largest absolute Gasteiger partial charge is 0.433 e. The predicted molar refractivity (Wildman–Crippen MR) is 83.4 cm³/mol. The molecule has 2 aromatic heterocycles. The van der Waals surface area contributed by atoms with Crippen molar-refractivity contribution in [3.63, 3.8) is 0 Å². The van der Waals surface area contributed by atoms with Gasteiger partial charge in [0.15, 0.2) is 0 Å². The van der Waals surface area contributed by atoms with Crippen LogP contribution < -0.4 is 5.32 Å². The molecule has 3 heterocycles. The van der Waals surface area contributed by atoms with E-state index in [9.17, 15) is 13.2 Å². The van der Waals surface area contributed by atoms with Gasteiger partial charge in [-0.15, -0.1) is 0 Å². The van der Waals surface area contributed by atoms with Gasteiger partial charge in [0.25, 0.3) is 0 Å².